The average molecular weight is 330 g/mol. The Labute approximate surface area is 143 Å². The molecule has 1 atom stereocenters. The number of carbonyl (C=O) groups excluding carboxylic acids is 1. The number of nitrogens with one attached hydrogen (secondary N) is 1. The molecule has 0 aromatic carbocycles. The zero-order valence-corrected chi connectivity index (χ0v) is 14.7. The van der Waals surface area contributed by atoms with E-state index >= 15 is 0 Å². The van der Waals surface area contributed by atoms with E-state index < -0.39 is 0 Å². The monoisotopic (exact) mass is 330 g/mol. The first-order valence-corrected chi connectivity index (χ1v) is 9.67. The third-order valence-corrected chi connectivity index (χ3v) is 6.06. The molecule has 2 aliphatic rings. The molecular weight excluding hydrogens is 304 g/mol. The van der Waals surface area contributed by atoms with Crippen LogP contribution in [-0.2, 0) is 4.79 Å². The molecule has 23 heavy (non-hydrogen) atoms. The molecule has 1 aromatic rings. The fourth-order valence-electron chi connectivity index (χ4n) is 3.18. The number of carbonyl (C=O) groups is 1. The minimum absolute atomic E-state index is 0.121. The second kappa shape index (κ2) is 7.99. The number of likely N-dealkylation sites (tertiary alicyclic amines) is 1. The second-order valence-corrected chi connectivity index (χ2v) is 7.84. The van der Waals surface area contributed by atoms with Crippen molar-refractivity contribution >= 4 is 17.2 Å². The molecule has 1 saturated heterocycles. The van der Waals surface area contributed by atoms with Crippen LogP contribution in [0.15, 0.2) is 17.5 Å². The number of amides is 1. The van der Waals surface area contributed by atoms with Crippen LogP contribution in [0.1, 0.15) is 49.9 Å². The van der Waals surface area contributed by atoms with Gasteiger partial charge in [-0.3, -0.25) is 9.69 Å². The van der Waals surface area contributed by atoms with Crippen molar-refractivity contribution in [3.05, 3.63) is 22.4 Å². The highest BCUT2D eigenvalue weighted by Gasteiger charge is 2.25. The molecule has 4 heteroatoms. The predicted octanol–water partition coefficient (Wildman–Crippen LogP) is 3.44. The third-order valence-electron chi connectivity index (χ3n) is 5.08. The lowest BCUT2D eigenvalue weighted by Gasteiger charge is -2.36. The van der Waals surface area contributed by atoms with Gasteiger partial charge in [0.25, 0.3) is 5.91 Å². The van der Waals surface area contributed by atoms with Crippen molar-refractivity contribution in [2.24, 2.45) is 11.8 Å². The molecule has 0 spiro atoms. The summed E-state index contributed by atoms with van der Waals surface area (Å²) in [6.45, 7) is 5.23. The standard InChI is InChI=1S/C19H26N2OS/c1-15-9-11-21(12-10-15)17(18-6-3-13-23-18)14-20-19(22)8-7-16-4-2-5-16/h3,6,13,15-17H,2,4-5,9-12,14H2,1H3,(H,20,22)/t17-/m1/s1. The first-order chi connectivity index (χ1) is 11.2. The van der Waals surface area contributed by atoms with Crippen LogP contribution in [0, 0.1) is 23.7 Å². The molecule has 0 radical (unpaired) electrons. The van der Waals surface area contributed by atoms with Gasteiger partial charge in [0.05, 0.1) is 6.04 Å². The summed E-state index contributed by atoms with van der Waals surface area (Å²) in [5.41, 5.74) is 0. The zero-order valence-electron chi connectivity index (χ0n) is 13.9. The number of piperidine rings is 1. The van der Waals surface area contributed by atoms with Crippen LogP contribution in [0.5, 0.6) is 0 Å². The van der Waals surface area contributed by atoms with E-state index in [1.54, 1.807) is 11.3 Å². The summed E-state index contributed by atoms with van der Waals surface area (Å²) in [6.07, 6.45) is 6.07. The smallest absolute Gasteiger partial charge is 0.295 e. The Morgan fingerprint density at radius 3 is 2.78 bits per heavy atom. The van der Waals surface area contributed by atoms with Crippen LogP contribution >= 0.6 is 11.3 Å². The summed E-state index contributed by atoms with van der Waals surface area (Å²) in [7, 11) is 0. The van der Waals surface area contributed by atoms with Crippen molar-refractivity contribution < 1.29 is 4.79 Å². The number of hydrogen-bond acceptors (Lipinski definition) is 3. The number of hydrogen-bond donors (Lipinski definition) is 1. The van der Waals surface area contributed by atoms with Gasteiger partial charge in [0.1, 0.15) is 0 Å². The summed E-state index contributed by atoms with van der Waals surface area (Å²) < 4.78 is 0. The van der Waals surface area contributed by atoms with Crippen LogP contribution in [0.4, 0.5) is 0 Å². The maximum absolute atomic E-state index is 12.0. The van der Waals surface area contributed by atoms with E-state index in [1.807, 2.05) is 0 Å². The van der Waals surface area contributed by atoms with Gasteiger partial charge in [-0.15, -0.1) is 11.3 Å². The van der Waals surface area contributed by atoms with Crippen LogP contribution < -0.4 is 5.32 Å². The fourth-order valence-corrected chi connectivity index (χ4v) is 4.05. The summed E-state index contributed by atoms with van der Waals surface area (Å²) in [4.78, 5) is 15.9. The first kappa shape index (κ1) is 16.5. The van der Waals surface area contributed by atoms with Crippen LogP contribution in [0.3, 0.4) is 0 Å². The highest BCUT2D eigenvalue weighted by Crippen LogP contribution is 2.29. The molecule has 1 aromatic heterocycles. The summed E-state index contributed by atoms with van der Waals surface area (Å²) >= 11 is 1.78. The lowest BCUT2D eigenvalue weighted by molar-refractivity contribution is -0.116. The van der Waals surface area contributed by atoms with Gasteiger partial charge in [-0.1, -0.05) is 25.3 Å². The highest BCUT2D eigenvalue weighted by molar-refractivity contribution is 7.10. The van der Waals surface area contributed by atoms with Crippen molar-refractivity contribution in [3.63, 3.8) is 0 Å². The van der Waals surface area contributed by atoms with E-state index in [9.17, 15) is 4.79 Å². The average Bonchev–Trinajstić information content (AvgIpc) is 3.02. The molecule has 2 heterocycles. The Morgan fingerprint density at radius 2 is 2.17 bits per heavy atom. The van der Waals surface area contributed by atoms with Gasteiger partial charge in [0.2, 0.25) is 0 Å². The molecule has 2 fully saturated rings. The topological polar surface area (TPSA) is 32.3 Å². The van der Waals surface area contributed by atoms with Gasteiger partial charge in [0.15, 0.2) is 0 Å². The lowest BCUT2D eigenvalue weighted by atomic mass is 9.86. The summed E-state index contributed by atoms with van der Waals surface area (Å²) in [6, 6.07) is 4.56. The van der Waals surface area contributed by atoms with E-state index in [0.717, 1.165) is 31.8 Å². The van der Waals surface area contributed by atoms with Gasteiger partial charge >= 0.3 is 0 Å². The molecule has 0 unspecified atom stereocenters. The molecule has 0 bridgehead atoms. The van der Waals surface area contributed by atoms with Crippen molar-refractivity contribution in [1.29, 1.82) is 0 Å². The molecular formula is C19H26N2OS. The zero-order chi connectivity index (χ0) is 16.1. The van der Waals surface area contributed by atoms with Crippen LogP contribution in [0.25, 0.3) is 0 Å². The third kappa shape index (κ3) is 4.59. The molecule has 1 N–H and O–H groups in total. The molecule has 1 aliphatic heterocycles. The molecule has 3 rings (SSSR count). The normalized spacial score (nSPS) is 21.1. The van der Waals surface area contributed by atoms with Crippen molar-refractivity contribution in [1.82, 2.24) is 10.2 Å². The van der Waals surface area contributed by atoms with Gasteiger partial charge in [-0.2, -0.15) is 0 Å². The van der Waals surface area contributed by atoms with Crippen LogP contribution in [-0.4, -0.2) is 30.4 Å². The summed E-state index contributed by atoms with van der Waals surface area (Å²) in [5.74, 6) is 7.02. The second-order valence-electron chi connectivity index (χ2n) is 6.86. The van der Waals surface area contributed by atoms with E-state index in [-0.39, 0.29) is 11.9 Å². The molecule has 1 saturated carbocycles. The predicted molar refractivity (Wildman–Crippen MR) is 95.2 cm³/mol. The lowest BCUT2D eigenvalue weighted by Crippen LogP contribution is -2.41. The summed E-state index contributed by atoms with van der Waals surface area (Å²) in [5, 5.41) is 5.15. The number of rotatable bonds is 4. The molecule has 124 valence electrons. The number of nitrogens with zero attached hydrogens (tertiary/aromatic N) is 1. The molecule has 1 aliphatic carbocycles. The Bertz CT molecular complexity index is 560. The maximum Gasteiger partial charge on any atom is 0.295 e. The van der Waals surface area contributed by atoms with Gasteiger partial charge in [-0.25, -0.2) is 0 Å². The van der Waals surface area contributed by atoms with E-state index in [2.05, 4.69) is 46.5 Å². The van der Waals surface area contributed by atoms with E-state index in [4.69, 9.17) is 0 Å². The number of thiophene rings is 1. The largest absolute Gasteiger partial charge is 0.343 e. The first-order valence-electron chi connectivity index (χ1n) is 8.79. The van der Waals surface area contributed by atoms with E-state index in [1.165, 1.54) is 24.1 Å². The SMILES string of the molecule is CC1CCN([C@H](CNC(=O)C#CC2CCC2)c2cccs2)CC1. The molecule has 1 amide bonds. The minimum atomic E-state index is -0.121. The van der Waals surface area contributed by atoms with Crippen molar-refractivity contribution in [2.75, 3.05) is 19.6 Å². The Balaban J connectivity index is 1.57. The van der Waals surface area contributed by atoms with E-state index in [0.29, 0.717) is 12.5 Å². The molecule has 3 nitrogen and oxygen atoms in total. The van der Waals surface area contributed by atoms with Crippen molar-refractivity contribution in [3.8, 4) is 11.8 Å². The van der Waals surface area contributed by atoms with Gasteiger partial charge in [0, 0.05) is 17.3 Å². The maximum atomic E-state index is 12.0. The Morgan fingerprint density at radius 1 is 1.39 bits per heavy atom. The fraction of sp³-hybridized carbons (Fsp3) is 0.632. The van der Waals surface area contributed by atoms with Crippen molar-refractivity contribution in [2.45, 2.75) is 45.1 Å². The Kier molecular flexibility index (Phi) is 5.75. The highest BCUT2D eigenvalue weighted by atomic mass is 32.1. The quantitative estimate of drug-likeness (QED) is 0.858. The Hall–Kier alpha value is -1.31. The van der Waals surface area contributed by atoms with Gasteiger partial charge in [-0.05, 0) is 62.1 Å². The van der Waals surface area contributed by atoms with Gasteiger partial charge < -0.3 is 5.32 Å². The van der Waals surface area contributed by atoms with Crippen LogP contribution in [0.2, 0.25) is 0 Å². The minimum Gasteiger partial charge on any atom is -0.343 e.